The van der Waals surface area contributed by atoms with Crippen LogP contribution in [0.2, 0.25) is 19.1 Å². The van der Waals surface area contributed by atoms with Crippen LogP contribution >= 0.6 is 0 Å². The van der Waals surface area contributed by atoms with Gasteiger partial charge in [-0.2, -0.15) is 0 Å². The molecule has 0 bridgehead atoms. The molecule has 0 aliphatic heterocycles. The first-order valence-corrected chi connectivity index (χ1v) is 13.0. The predicted molar refractivity (Wildman–Crippen MR) is 117 cm³/mol. The number of aliphatic hydroxyl groups is 1. The molecule has 5 heteroatoms. The van der Waals surface area contributed by atoms with E-state index in [2.05, 4.69) is 81.6 Å². The van der Waals surface area contributed by atoms with Crippen LogP contribution in [0, 0.1) is 10.4 Å². The zero-order valence-corrected chi connectivity index (χ0v) is 22.9. The molecule has 0 atom stereocenters. The topological polar surface area (TPSA) is 20.2 Å². The van der Waals surface area contributed by atoms with Crippen LogP contribution in [0.4, 0.5) is 0 Å². The Balaban J connectivity index is 0.00000150. The molecule has 0 aromatic heterocycles. The first-order valence-electron chi connectivity index (χ1n) is 9.79. The van der Waals surface area contributed by atoms with E-state index in [0.29, 0.717) is 0 Å². The molecule has 2 aromatic carbocycles. The van der Waals surface area contributed by atoms with E-state index < -0.39 is 8.07 Å². The Kier molecular flexibility index (Phi) is 9.79. The van der Waals surface area contributed by atoms with Crippen LogP contribution < -0.4 is 35.3 Å². The molecule has 0 saturated carbocycles. The van der Waals surface area contributed by atoms with Gasteiger partial charge in [-0.1, -0.05) is 82.7 Å². The van der Waals surface area contributed by atoms with Crippen molar-refractivity contribution in [3.63, 3.8) is 0 Å². The fourth-order valence-corrected chi connectivity index (χ4v) is 6.33. The van der Waals surface area contributed by atoms with Crippen LogP contribution in [0.3, 0.4) is 0 Å². The van der Waals surface area contributed by atoms with Gasteiger partial charge in [0.15, 0.2) is 0 Å². The number of hydrogen-bond acceptors (Lipinski definition) is 1. The zero-order chi connectivity index (χ0) is 19.2. The zero-order valence-electron chi connectivity index (χ0n) is 17.9. The average molecular weight is 534 g/mol. The summed E-state index contributed by atoms with van der Waals surface area (Å²) in [5.74, 6) is 0. The summed E-state index contributed by atoms with van der Waals surface area (Å²) in [6.45, 7) is 9.39. The maximum Gasteiger partial charge on any atom is 3.00 e. The minimum absolute atomic E-state index is 0. The Hall–Kier alpha value is -0.700. The first-order chi connectivity index (χ1) is 12.9. The summed E-state index contributed by atoms with van der Waals surface area (Å²) in [6, 6.07) is 14.0. The van der Waals surface area contributed by atoms with Gasteiger partial charge in [-0.15, -0.1) is 33.4 Å². The maximum absolute atomic E-state index is 9.46. The van der Waals surface area contributed by atoms with E-state index in [1.54, 1.807) is 0 Å². The van der Waals surface area contributed by atoms with Crippen molar-refractivity contribution in [3.05, 3.63) is 85.7 Å². The monoisotopic (exact) mass is 531 g/mol. The molecule has 1 nitrogen and oxygen atoms in total. The third kappa shape index (κ3) is 4.87. The van der Waals surface area contributed by atoms with Gasteiger partial charge in [0.2, 0.25) is 0 Å². The van der Waals surface area contributed by atoms with Gasteiger partial charge in [-0.25, -0.2) is 0 Å². The average Bonchev–Trinajstić information content (AvgIpc) is 3.26. The standard InChI is InChI=1S/C25H27OSi.2ClH.Zr/c1-17(2)21-11-12-23-22-8-6-5-7-18(22)16-24(23)25(21)19-9-10-20(15-19)27(3,4)14-13-26;;;/h5-8,10-12,15,26H,9,13-14H2,1-4H3;2*1H;/q-1;;;+3/p-2. The molecule has 2 aromatic rings. The Morgan fingerprint density at radius 2 is 1.73 bits per heavy atom. The molecule has 0 unspecified atom stereocenters. The van der Waals surface area contributed by atoms with Gasteiger partial charge in [0.25, 0.3) is 0 Å². The van der Waals surface area contributed by atoms with Crippen LogP contribution in [0.25, 0.3) is 17.2 Å². The van der Waals surface area contributed by atoms with E-state index in [0.717, 1.165) is 12.5 Å². The number of halogens is 2. The van der Waals surface area contributed by atoms with Gasteiger partial charge < -0.3 is 29.9 Å². The van der Waals surface area contributed by atoms with Crippen LogP contribution in [-0.4, -0.2) is 19.8 Å². The molecule has 0 heterocycles. The molecule has 2 aliphatic carbocycles. The molecule has 0 fully saturated rings. The van der Waals surface area contributed by atoms with Crippen molar-refractivity contribution >= 4 is 25.3 Å². The fraction of sp³-hybridized carbons (Fsp3) is 0.280. The maximum atomic E-state index is 9.46. The second kappa shape index (κ2) is 10.7. The van der Waals surface area contributed by atoms with E-state index in [1.807, 2.05) is 0 Å². The Morgan fingerprint density at radius 3 is 2.40 bits per heavy atom. The third-order valence-corrected chi connectivity index (χ3v) is 9.32. The van der Waals surface area contributed by atoms with Crippen LogP contribution in [0.5, 0.6) is 0 Å². The minimum Gasteiger partial charge on any atom is -1.00 e. The molecule has 0 amide bonds. The Labute approximate surface area is 212 Å². The first kappa shape index (κ1) is 27.3. The molecule has 30 heavy (non-hydrogen) atoms. The van der Waals surface area contributed by atoms with Gasteiger partial charge >= 0.3 is 26.2 Å². The fourth-order valence-electron chi connectivity index (χ4n) is 4.26. The van der Waals surface area contributed by atoms with Crippen molar-refractivity contribution < 1.29 is 56.1 Å². The van der Waals surface area contributed by atoms with Gasteiger partial charge in [0, 0.05) is 6.61 Å². The number of rotatable bonds is 4. The molecule has 1 N–H and O–H groups in total. The van der Waals surface area contributed by atoms with Crippen molar-refractivity contribution in [1.82, 2.24) is 0 Å². The summed E-state index contributed by atoms with van der Waals surface area (Å²) in [4.78, 5) is 0. The van der Waals surface area contributed by atoms with E-state index in [4.69, 9.17) is 0 Å². The van der Waals surface area contributed by atoms with Crippen molar-refractivity contribution in [1.29, 1.82) is 0 Å². The van der Waals surface area contributed by atoms with Crippen LogP contribution in [0.15, 0.2) is 53.7 Å². The number of aliphatic hydroxyl groups excluding tert-OH is 1. The Bertz CT molecular complexity index is 1210. The number of fused-ring (bicyclic) bond motifs is 2. The summed E-state index contributed by atoms with van der Waals surface area (Å²) in [6.07, 6.45) is 9.48. The normalized spacial score (nSPS) is 13.5. The second-order valence-corrected chi connectivity index (χ2v) is 13.3. The predicted octanol–water partition coefficient (Wildman–Crippen LogP) is -1.86. The summed E-state index contributed by atoms with van der Waals surface area (Å²) in [7, 11) is -1.57. The smallest absolute Gasteiger partial charge is 1.00 e. The van der Waals surface area contributed by atoms with Crippen LogP contribution in [-0.2, 0) is 26.2 Å². The van der Waals surface area contributed by atoms with Gasteiger partial charge in [0.1, 0.15) is 0 Å². The van der Waals surface area contributed by atoms with Crippen LogP contribution in [0.1, 0.15) is 31.4 Å². The Morgan fingerprint density at radius 1 is 1.03 bits per heavy atom. The minimum atomic E-state index is -1.57. The van der Waals surface area contributed by atoms with Crippen molar-refractivity contribution in [2.75, 3.05) is 6.61 Å². The van der Waals surface area contributed by atoms with Crippen molar-refractivity contribution in [2.24, 2.45) is 0 Å². The van der Waals surface area contributed by atoms with E-state index in [1.165, 1.54) is 48.3 Å². The largest absolute Gasteiger partial charge is 3.00 e. The van der Waals surface area contributed by atoms with E-state index >= 15 is 0 Å². The van der Waals surface area contributed by atoms with E-state index in [9.17, 15) is 5.11 Å². The summed E-state index contributed by atoms with van der Waals surface area (Å²) >= 11 is 0. The molecule has 4 rings (SSSR count). The summed E-state index contributed by atoms with van der Waals surface area (Å²) < 4.78 is 0. The molecule has 155 valence electrons. The molecular formula is C25H27Cl2OSiZr. The molecule has 1 radical (unpaired) electrons. The number of benzene rings is 2. The molecule has 0 spiro atoms. The molecule has 0 saturated heterocycles. The van der Waals surface area contributed by atoms with Gasteiger partial charge in [-0.05, 0) is 26.3 Å². The molecule has 2 aliphatic rings. The van der Waals surface area contributed by atoms with Gasteiger partial charge in [-0.3, -0.25) is 0 Å². The number of allylic oxidation sites excluding steroid dienone is 4. The number of hydrogen-bond donors (Lipinski definition) is 1. The third-order valence-electron chi connectivity index (χ3n) is 5.93. The molecular weight excluding hydrogens is 506 g/mol. The quantitative estimate of drug-likeness (QED) is 0.308. The van der Waals surface area contributed by atoms with Crippen molar-refractivity contribution in [2.45, 2.75) is 39.4 Å². The summed E-state index contributed by atoms with van der Waals surface area (Å²) in [5.41, 5.74) is 5.34. The van der Waals surface area contributed by atoms with Gasteiger partial charge in [0.05, 0.1) is 8.07 Å². The van der Waals surface area contributed by atoms with Crippen molar-refractivity contribution in [3.8, 4) is 0 Å². The SMILES string of the molecule is CC(C)=c1ccc2c(c1C1=CC([Si](C)(C)CCO)=CC1)[C-]=c1ccccc1=2.[Cl-].[Cl-].[Zr+3]. The van der Waals surface area contributed by atoms with E-state index in [-0.39, 0.29) is 57.6 Å². The summed E-state index contributed by atoms with van der Waals surface area (Å²) in [5, 5.41) is 16.0. The second-order valence-electron chi connectivity index (χ2n) is 8.47.